The van der Waals surface area contributed by atoms with Gasteiger partial charge >= 0.3 is 0 Å². The van der Waals surface area contributed by atoms with E-state index in [1.54, 1.807) is 0 Å². The van der Waals surface area contributed by atoms with Crippen LogP contribution in [0.2, 0.25) is 5.02 Å². The third-order valence-electron chi connectivity index (χ3n) is 6.94. The second-order valence-corrected chi connectivity index (χ2v) is 10.8. The van der Waals surface area contributed by atoms with Crippen LogP contribution in [0, 0.1) is 29.1 Å². The molecule has 2 amide bonds. The summed E-state index contributed by atoms with van der Waals surface area (Å²) in [7, 11) is 0. The molecule has 0 radical (unpaired) electrons. The van der Waals surface area contributed by atoms with Gasteiger partial charge in [-0.05, 0) is 55.9 Å². The van der Waals surface area contributed by atoms with Gasteiger partial charge in [0, 0.05) is 6.07 Å². The van der Waals surface area contributed by atoms with Crippen molar-refractivity contribution in [2.24, 2.45) is 0 Å². The molecule has 0 saturated carbocycles. The van der Waals surface area contributed by atoms with Crippen LogP contribution in [0.1, 0.15) is 80.8 Å². The van der Waals surface area contributed by atoms with Gasteiger partial charge in [-0.25, -0.2) is 22.0 Å². The Kier molecular flexibility index (Phi) is 12.4. The normalized spacial score (nSPS) is 11.8. The summed E-state index contributed by atoms with van der Waals surface area (Å²) < 4.78 is 74.4. The molecule has 0 bridgehead atoms. The van der Waals surface area contributed by atoms with E-state index < -0.39 is 64.0 Å². The van der Waals surface area contributed by atoms with Crippen LogP contribution in [0.25, 0.3) is 0 Å². The zero-order valence-corrected chi connectivity index (χ0v) is 25.3. The minimum absolute atomic E-state index is 0.0895. The molecule has 0 aromatic heterocycles. The molecule has 1 atom stereocenters. The first kappa shape index (κ1) is 34.6. The first-order valence-corrected chi connectivity index (χ1v) is 14.7. The number of rotatable bonds is 14. The molecule has 3 aromatic rings. The van der Waals surface area contributed by atoms with Crippen LogP contribution in [0.5, 0.6) is 11.5 Å². The number of hydrogen-bond donors (Lipinski definition) is 3. The number of carbonyl (C=O) groups is 2. The van der Waals surface area contributed by atoms with Gasteiger partial charge < -0.3 is 20.5 Å². The van der Waals surface area contributed by atoms with E-state index in [0.717, 1.165) is 69.1 Å². The fourth-order valence-electron chi connectivity index (χ4n) is 4.47. The smallest absolute Gasteiger partial charge is 0.265 e. The van der Waals surface area contributed by atoms with Crippen molar-refractivity contribution in [3.05, 3.63) is 81.1 Å². The molecule has 3 N–H and O–H groups in total. The second kappa shape index (κ2) is 15.7. The fourth-order valence-corrected chi connectivity index (χ4v) is 4.68. The molecule has 3 aromatic carbocycles. The van der Waals surface area contributed by atoms with E-state index in [4.69, 9.17) is 16.3 Å². The van der Waals surface area contributed by atoms with Gasteiger partial charge in [0.25, 0.3) is 11.8 Å². The summed E-state index contributed by atoms with van der Waals surface area (Å²) in [5.41, 5.74) is -0.153. The third-order valence-corrected chi connectivity index (χ3v) is 7.26. The minimum atomic E-state index is -2.42. The number of phenols is 1. The molecular weight excluding hydrogens is 607 g/mol. The molecule has 0 saturated heterocycles. The van der Waals surface area contributed by atoms with Gasteiger partial charge in [-0.1, -0.05) is 63.3 Å². The minimum Gasteiger partial charge on any atom is -0.506 e. The number of hydrogen-bond acceptors (Lipinski definition) is 4. The first-order chi connectivity index (χ1) is 20.9. The van der Waals surface area contributed by atoms with Gasteiger partial charge in [0.2, 0.25) is 5.82 Å². The predicted octanol–water partition coefficient (Wildman–Crippen LogP) is 8.86. The number of carbonyl (C=O) groups excluding carboxylic acids is 2. The quantitative estimate of drug-likeness (QED) is 0.0540. The number of unbranched alkanes of at least 4 members (excludes halogenated alkanes) is 4. The average Bonchev–Trinajstić information content (AvgIpc) is 2.99. The number of aryl methyl sites for hydroxylation is 2. The van der Waals surface area contributed by atoms with Gasteiger partial charge in [0.1, 0.15) is 17.1 Å². The van der Waals surface area contributed by atoms with Crippen LogP contribution >= 0.6 is 11.6 Å². The number of phenolic OH excluding ortho intramolecular Hbond substituents is 1. The Morgan fingerprint density at radius 1 is 0.818 bits per heavy atom. The maximum Gasteiger partial charge on any atom is 0.265 e. The standard InChI is InChI=1S/C32H34ClF5N2O4/c1-4-6-8-10-18-12-13-24(19(14-18)11-9-7-5-2)44-17(3)31(42)39-21-16-23(41)22(15-20(21)33)40-32(43)25-26(34)28(36)30(38)29(37)27(25)35/h12-17,41H,4-11H2,1-3H3,(H,39,42)(H,40,43). The number of anilines is 2. The lowest BCUT2D eigenvalue weighted by Gasteiger charge is -2.19. The molecule has 238 valence electrons. The summed E-state index contributed by atoms with van der Waals surface area (Å²) in [4.78, 5) is 25.3. The van der Waals surface area contributed by atoms with Gasteiger partial charge in [0.15, 0.2) is 29.4 Å². The molecule has 3 rings (SSSR count). The lowest BCUT2D eigenvalue weighted by Crippen LogP contribution is -2.30. The molecule has 0 heterocycles. The number of aromatic hydroxyl groups is 1. The van der Waals surface area contributed by atoms with Gasteiger partial charge in [-0.2, -0.15) is 0 Å². The number of benzene rings is 3. The van der Waals surface area contributed by atoms with Crippen LogP contribution in [-0.4, -0.2) is 23.0 Å². The van der Waals surface area contributed by atoms with Crippen LogP contribution in [0.4, 0.5) is 33.3 Å². The van der Waals surface area contributed by atoms with Crippen molar-refractivity contribution in [2.45, 2.75) is 78.2 Å². The summed E-state index contributed by atoms with van der Waals surface area (Å²) >= 11 is 6.20. The Balaban J connectivity index is 1.74. The highest BCUT2D eigenvalue weighted by molar-refractivity contribution is 6.34. The Morgan fingerprint density at radius 2 is 1.41 bits per heavy atom. The summed E-state index contributed by atoms with van der Waals surface area (Å²) in [5.74, 6) is -14.2. The Hall–Kier alpha value is -3.86. The summed E-state index contributed by atoms with van der Waals surface area (Å²) in [6.45, 7) is 5.79. The molecule has 0 spiro atoms. The lowest BCUT2D eigenvalue weighted by molar-refractivity contribution is -0.122. The molecule has 0 aliphatic heterocycles. The molecule has 1 unspecified atom stereocenters. The molecule has 6 nitrogen and oxygen atoms in total. The Morgan fingerprint density at radius 3 is 2.02 bits per heavy atom. The zero-order valence-electron chi connectivity index (χ0n) is 24.6. The SMILES string of the molecule is CCCCCc1ccc(OC(C)C(=O)Nc2cc(O)c(NC(=O)c3c(F)c(F)c(F)c(F)c3F)cc2Cl)c(CCCCC)c1. The highest BCUT2D eigenvalue weighted by Crippen LogP contribution is 2.35. The topological polar surface area (TPSA) is 87.7 Å². The summed E-state index contributed by atoms with van der Waals surface area (Å²) in [6, 6.07) is 7.83. The predicted molar refractivity (Wildman–Crippen MR) is 159 cm³/mol. The van der Waals surface area contributed by atoms with Crippen molar-refractivity contribution in [3.8, 4) is 11.5 Å². The van der Waals surface area contributed by atoms with E-state index in [2.05, 4.69) is 25.2 Å². The third kappa shape index (κ3) is 8.40. The van der Waals surface area contributed by atoms with Gasteiger partial charge in [0.05, 0.1) is 16.4 Å². The van der Waals surface area contributed by atoms with Crippen LogP contribution in [0.3, 0.4) is 0 Å². The fraction of sp³-hybridized carbons (Fsp3) is 0.375. The van der Waals surface area contributed by atoms with Gasteiger partial charge in [-0.3, -0.25) is 9.59 Å². The monoisotopic (exact) mass is 640 g/mol. The van der Waals surface area contributed by atoms with E-state index in [0.29, 0.717) is 5.75 Å². The van der Waals surface area contributed by atoms with Crippen molar-refractivity contribution in [1.29, 1.82) is 0 Å². The van der Waals surface area contributed by atoms with Crippen molar-refractivity contribution in [1.82, 2.24) is 0 Å². The molecule has 0 aliphatic rings. The highest BCUT2D eigenvalue weighted by Gasteiger charge is 2.30. The van der Waals surface area contributed by atoms with E-state index >= 15 is 0 Å². The molecule has 44 heavy (non-hydrogen) atoms. The first-order valence-electron chi connectivity index (χ1n) is 14.3. The Labute approximate surface area is 257 Å². The largest absolute Gasteiger partial charge is 0.506 e. The van der Waals surface area contributed by atoms with Crippen molar-refractivity contribution in [3.63, 3.8) is 0 Å². The van der Waals surface area contributed by atoms with E-state index in [9.17, 15) is 36.6 Å². The molecular formula is C32H34ClF5N2O4. The number of halogens is 6. The Bertz CT molecular complexity index is 1490. The number of amides is 2. The zero-order chi connectivity index (χ0) is 32.6. The van der Waals surface area contributed by atoms with Crippen LogP contribution < -0.4 is 15.4 Å². The number of nitrogens with one attached hydrogen (secondary N) is 2. The van der Waals surface area contributed by atoms with E-state index in [-0.39, 0.29) is 10.7 Å². The average molecular weight is 641 g/mol. The maximum atomic E-state index is 14.0. The van der Waals surface area contributed by atoms with Crippen LogP contribution in [-0.2, 0) is 17.6 Å². The maximum absolute atomic E-state index is 14.0. The molecule has 0 aliphatic carbocycles. The van der Waals surface area contributed by atoms with Crippen molar-refractivity contribution < 1.29 is 41.4 Å². The van der Waals surface area contributed by atoms with E-state index in [1.807, 2.05) is 17.4 Å². The van der Waals surface area contributed by atoms with Crippen molar-refractivity contribution in [2.75, 3.05) is 10.6 Å². The highest BCUT2D eigenvalue weighted by atomic mass is 35.5. The molecule has 12 heteroatoms. The molecule has 0 fully saturated rings. The van der Waals surface area contributed by atoms with Crippen LogP contribution in [0.15, 0.2) is 30.3 Å². The van der Waals surface area contributed by atoms with Crippen molar-refractivity contribution >= 4 is 34.8 Å². The van der Waals surface area contributed by atoms with E-state index in [1.165, 1.54) is 12.5 Å². The second-order valence-electron chi connectivity index (χ2n) is 10.4. The summed E-state index contributed by atoms with van der Waals surface area (Å²) in [6.07, 6.45) is 7.16. The van der Waals surface area contributed by atoms with Gasteiger partial charge in [-0.15, -0.1) is 0 Å². The lowest BCUT2D eigenvalue weighted by atomic mass is 10.00. The summed E-state index contributed by atoms with van der Waals surface area (Å²) in [5, 5.41) is 14.5. The number of ether oxygens (including phenoxy) is 1.